The highest BCUT2D eigenvalue weighted by Crippen LogP contribution is 2.28. The summed E-state index contributed by atoms with van der Waals surface area (Å²) in [4.78, 5) is 4.66. The Balaban J connectivity index is 1.64. The highest BCUT2D eigenvalue weighted by Gasteiger charge is 2.10. The van der Waals surface area contributed by atoms with Crippen molar-refractivity contribution in [3.05, 3.63) is 66.5 Å². The van der Waals surface area contributed by atoms with Crippen LogP contribution in [-0.2, 0) is 24.3 Å². The predicted molar refractivity (Wildman–Crippen MR) is 107 cm³/mol. The van der Waals surface area contributed by atoms with Crippen LogP contribution in [0.15, 0.2) is 55.1 Å². The number of fused-ring (bicyclic) bond motifs is 1. The lowest BCUT2D eigenvalue weighted by Gasteiger charge is -2.13. The number of aromatic nitrogens is 2. The molecular weight excluding hydrogens is 340 g/mol. The Bertz CT molecular complexity index is 902. The molecule has 0 fully saturated rings. The molecule has 0 atom stereocenters. The zero-order valence-electron chi connectivity index (χ0n) is 16.0. The van der Waals surface area contributed by atoms with Crippen LogP contribution in [0.25, 0.3) is 11.0 Å². The lowest BCUT2D eigenvalue weighted by atomic mass is 10.1. The molecule has 1 heterocycles. The molecule has 0 saturated heterocycles. The Kier molecular flexibility index (Phi) is 6.49. The van der Waals surface area contributed by atoms with Gasteiger partial charge in [0.15, 0.2) is 11.5 Å². The number of para-hydroxylation sites is 2. The number of methoxy groups -OCH3 is 2. The molecule has 0 unspecified atom stereocenters. The fourth-order valence-electron chi connectivity index (χ4n) is 3.14. The highest BCUT2D eigenvalue weighted by atomic mass is 16.5. The summed E-state index contributed by atoms with van der Waals surface area (Å²) in [7, 11) is 3.35. The molecule has 3 aromatic rings. The minimum absolute atomic E-state index is 0.494. The third-order valence-electron chi connectivity index (χ3n) is 4.40. The van der Waals surface area contributed by atoms with Gasteiger partial charge in [-0.15, -0.1) is 6.58 Å². The minimum atomic E-state index is 0.494. The molecule has 1 aromatic heterocycles. The average Bonchev–Trinajstić information content (AvgIpc) is 3.04. The van der Waals surface area contributed by atoms with Crippen molar-refractivity contribution in [2.45, 2.75) is 26.0 Å². The summed E-state index contributed by atoms with van der Waals surface area (Å²) in [6.07, 6.45) is 3.55. The number of ether oxygens (including phenoxy) is 3. The lowest BCUT2D eigenvalue weighted by molar-refractivity contribution is 0.174. The van der Waals surface area contributed by atoms with Crippen LogP contribution >= 0.6 is 0 Å². The molecule has 0 N–H and O–H groups in total. The van der Waals surface area contributed by atoms with Gasteiger partial charge in [-0.05, 0) is 42.7 Å². The second kappa shape index (κ2) is 9.24. The molecule has 3 rings (SSSR count). The molecular formula is C22H26N2O3. The van der Waals surface area contributed by atoms with Crippen LogP contribution in [0.4, 0.5) is 0 Å². The van der Waals surface area contributed by atoms with E-state index in [1.165, 1.54) is 0 Å². The lowest BCUT2D eigenvalue weighted by Crippen LogP contribution is -2.09. The van der Waals surface area contributed by atoms with Gasteiger partial charge in [-0.2, -0.15) is 0 Å². The van der Waals surface area contributed by atoms with Crippen LogP contribution in [-0.4, -0.2) is 30.4 Å². The first kappa shape index (κ1) is 19.0. The van der Waals surface area contributed by atoms with Gasteiger partial charge in [0.05, 0.1) is 24.8 Å². The monoisotopic (exact) mass is 366 g/mol. The van der Waals surface area contributed by atoms with Crippen LogP contribution in [0.2, 0.25) is 0 Å². The molecule has 27 heavy (non-hydrogen) atoms. The van der Waals surface area contributed by atoms with E-state index in [1.807, 2.05) is 42.5 Å². The first-order valence-corrected chi connectivity index (χ1v) is 9.10. The first-order valence-electron chi connectivity index (χ1n) is 9.10. The van der Waals surface area contributed by atoms with Crippen LogP contribution in [0.3, 0.4) is 0 Å². The molecule has 0 spiro atoms. The van der Waals surface area contributed by atoms with E-state index in [0.29, 0.717) is 13.2 Å². The van der Waals surface area contributed by atoms with Gasteiger partial charge in [0.25, 0.3) is 0 Å². The Hall–Kier alpha value is -2.79. The summed E-state index contributed by atoms with van der Waals surface area (Å²) >= 11 is 0. The van der Waals surface area contributed by atoms with E-state index < -0.39 is 0 Å². The Morgan fingerprint density at radius 1 is 1.11 bits per heavy atom. The molecule has 5 heteroatoms. The van der Waals surface area contributed by atoms with Crippen LogP contribution in [0.5, 0.6) is 11.5 Å². The smallest absolute Gasteiger partial charge is 0.161 e. The summed E-state index contributed by atoms with van der Waals surface area (Å²) < 4.78 is 18.9. The van der Waals surface area contributed by atoms with Gasteiger partial charge in [-0.1, -0.05) is 24.3 Å². The Morgan fingerprint density at radius 2 is 1.96 bits per heavy atom. The van der Waals surface area contributed by atoms with Gasteiger partial charge in [-0.25, -0.2) is 4.98 Å². The Morgan fingerprint density at radius 3 is 2.74 bits per heavy atom. The van der Waals surface area contributed by atoms with Crippen molar-refractivity contribution in [1.82, 2.24) is 9.55 Å². The minimum Gasteiger partial charge on any atom is -0.493 e. The largest absolute Gasteiger partial charge is 0.493 e. The number of rotatable bonds is 10. The average molecular weight is 366 g/mol. The summed E-state index contributed by atoms with van der Waals surface area (Å²) in [5.41, 5.74) is 3.27. The van der Waals surface area contributed by atoms with E-state index in [9.17, 15) is 0 Å². The number of aryl methyl sites for hydroxylation is 1. The fourth-order valence-corrected chi connectivity index (χ4v) is 3.14. The van der Waals surface area contributed by atoms with Crippen molar-refractivity contribution < 1.29 is 14.2 Å². The van der Waals surface area contributed by atoms with Crippen molar-refractivity contribution in [2.75, 3.05) is 20.8 Å². The molecule has 0 bridgehead atoms. The number of allylic oxidation sites excluding steroid dienone is 1. The maximum Gasteiger partial charge on any atom is 0.161 e. The SMILES string of the molecule is C=CCc1ccc(OCCCn2c(COC)nc3ccccc32)c(OC)c1. The zero-order valence-corrected chi connectivity index (χ0v) is 16.0. The van der Waals surface area contributed by atoms with Gasteiger partial charge >= 0.3 is 0 Å². The molecule has 142 valence electrons. The van der Waals surface area contributed by atoms with Gasteiger partial charge in [0, 0.05) is 13.7 Å². The number of hydrogen-bond donors (Lipinski definition) is 0. The second-order valence-corrected chi connectivity index (χ2v) is 6.28. The normalized spacial score (nSPS) is 10.9. The summed E-state index contributed by atoms with van der Waals surface area (Å²) in [5.74, 6) is 2.45. The van der Waals surface area contributed by atoms with Crippen LogP contribution < -0.4 is 9.47 Å². The van der Waals surface area contributed by atoms with Gasteiger partial charge in [0.1, 0.15) is 12.4 Å². The fraction of sp³-hybridized carbons (Fsp3) is 0.318. The van der Waals surface area contributed by atoms with Crippen LogP contribution in [0.1, 0.15) is 17.8 Å². The van der Waals surface area contributed by atoms with E-state index in [2.05, 4.69) is 22.2 Å². The number of nitrogens with zero attached hydrogens (tertiary/aromatic N) is 2. The standard InChI is InChI=1S/C22H26N2O3/c1-4-8-17-11-12-20(21(15-17)26-3)27-14-7-13-24-19-10-6-5-9-18(19)23-22(24)16-25-2/h4-6,9-12,15H,1,7-8,13-14,16H2,2-3H3. The van der Waals surface area contributed by atoms with Crippen molar-refractivity contribution in [1.29, 1.82) is 0 Å². The summed E-state index contributed by atoms with van der Waals surface area (Å²) in [5, 5.41) is 0. The third-order valence-corrected chi connectivity index (χ3v) is 4.40. The van der Waals surface area contributed by atoms with E-state index in [-0.39, 0.29) is 0 Å². The molecule has 0 radical (unpaired) electrons. The molecule has 0 aliphatic rings. The van der Waals surface area contributed by atoms with Crippen molar-refractivity contribution in [2.24, 2.45) is 0 Å². The number of benzene rings is 2. The van der Waals surface area contributed by atoms with Gasteiger partial charge in [0.2, 0.25) is 0 Å². The maximum atomic E-state index is 5.96. The van der Waals surface area contributed by atoms with Gasteiger partial charge < -0.3 is 18.8 Å². The second-order valence-electron chi connectivity index (χ2n) is 6.28. The summed E-state index contributed by atoms with van der Waals surface area (Å²) in [6.45, 7) is 5.68. The molecule has 0 saturated carbocycles. The third kappa shape index (κ3) is 4.49. The maximum absolute atomic E-state index is 5.96. The first-order chi connectivity index (χ1) is 13.3. The molecule has 5 nitrogen and oxygen atoms in total. The van der Waals surface area contributed by atoms with E-state index >= 15 is 0 Å². The van der Waals surface area contributed by atoms with Gasteiger partial charge in [-0.3, -0.25) is 0 Å². The topological polar surface area (TPSA) is 45.5 Å². The molecule has 2 aromatic carbocycles. The van der Waals surface area contributed by atoms with E-state index in [4.69, 9.17) is 14.2 Å². The van der Waals surface area contributed by atoms with E-state index in [1.54, 1.807) is 14.2 Å². The zero-order chi connectivity index (χ0) is 19.1. The summed E-state index contributed by atoms with van der Waals surface area (Å²) in [6, 6.07) is 14.1. The van der Waals surface area contributed by atoms with Crippen LogP contribution in [0, 0.1) is 0 Å². The number of imidazole rings is 1. The molecule has 0 aliphatic heterocycles. The number of hydrogen-bond acceptors (Lipinski definition) is 4. The van der Waals surface area contributed by atoms with E-state index in [0.717, 1.165) is 53.3 Å². The molecule has 0 aliphatic carbocycles. The van der Waals surface area contributed by atoms with Crippen molar-refractivity contribution >= 4 is 11.0 Å². The predicted octanol–water partition coefficient (Wildman–Crippen LogP) is 4.39. The highest BCUT2D eigenvalue weighted by molar-refractivity contribution is 5.75. The van der Waals surface area contributed by atoms with Crippen molar-refractivity contribution in [3.63, 3.8) is 0 Å². The quantitative estimate of drug-likeness (QED) is 0.394. The Labute approximate surface area is 160 Å². The molecule has 0 amide bonds. The van der Waals surface area contributed by atoms with Crippen molar-refractivity contribution in [3.8, 4) is 11.5 Å².